The topological polar surface area (TPSA) is 17.1 Å². The van der Waals surface area contributed by atoms with E-state index < -0.39 is 0 Å². The number of carbonyl (C=O) groups excluding carboxylic acids is 1. The zero-order chi connectivity index (χ0) is 20.5. The van der Waals surface area contributed by atoms with E-state index in [2.05, 4.69) is 61.2 Å². The second-order valence-electron chi connectivity index (χ2n) is 7.44. The second-order valence-corrected chi connectivity index (χ2v) is 7.44. The number of rotatable bonds is 4. The van der Waals surface area contributed by atoms with Crippen LogP contribution in [0.25, 0.3) is 27.1 Å². The summed E-state index contributed by atoms with van der Waals surface area (Å²) in [6.07, 6.45) is 0. The summed E-state index contributed by atoms with van der Waals surface area (Å²) in [4.78, 5) is 12.7. The van der Waals surface area contributed by atoms with Crippen LogP contribution in [0.15, 0.2) is 116 Å². The molecular formula is C29H20O. The highest BCUT2D eigenvalue weighted by atomic mass is 16.1. The Labute approximate surface area is 175 Å². The lowest BCUT2D eigenvalue weighted by molar-refractivity contribution is 0.103. The maximum atomic E-state index is 12.7. The Morgan fingerprint density at radius 3 is 1.93 bits per heavy atom. The van der Waals surface area contributed by atoms with Crippen LogP contribution in [0.3, 0.4) is 0 Å². The molecule has 0 heterocycles. The van der Waals surface area contributed by atoms with Crippen LogP contribution in [0.4, 0.5) is 0 Å². The summed E-state index contributed by atoms with van der Waals surface area (Å²) in [5, 5.41) is 4.89. The average molecular weight is 384 g/mol. The molecule has 0 N–H and O–H groups in total. The van der Waals surface area contributed by atoms with Gasteiger partial charge in [0.1, 0.15) is 0 Å². The van der Waals surface area contributed by atoms with Crippen molar-refractivity contribution in [2.45, 2.75) is 0 Å². The van der Waals surface area contributed by atoms with Crippen molar-refractivity contribution in [3.63, 3.8) is 0 Å². The summed E-state index contributed by atoms with van der Waals surface area (Å²) >= 11 is 0. The molecule has 0 unspecified atom stereocenters. The van der Waals surface area contributed by atoms with Gasteiger partial charge in [-0.1, -0.05) is 116 Å². The van der Waals surface area contributed by atoms with Gasteiger partial charge in [0.15, 0.2) is 5.78 Å². The minimum absolute atomic E-state index is 0.0318. The van der Waals surface area contributed by atoms with Gasteiger partial charge in [-0.3, -0.25) is 4.79 Å². The number of fused-ring (bicyclic) bond motifs is 3. The highest BCUT2D eigenvalue weighted by Gasteiger charge is 2.11. The van der Waals surface area contributed by atoms with Gasteiger partial charge >= 0.3 is 0 Å². The summed E-state index contributed by atoms with van der Waals surface area (Å²) in [7, 11) is 0. The Hall–Kier alpha value is -3.97. The molecule has 0 aromatic heterocycles. The highest BCUT2D eigenvalue weighted by Crippen LogP contribution is 2.33. The third-order valence-electron chi connectivity index (χ3n) is 5.64. The van der Waals surface area contributed by atoms with Gasteiger partial charge in [-0.05, 0) is 38.2 Å². The van der Waals surface area contributed by atoms with E-state index in [0.717, 1.165) is 16.7 Å². The van der Waals surface area contributed by atoms with E-state index in [9.17, 15) is 4.79 Å². The molecule has 0 saturated carbocycles. The van der Waals surface area contributed by atoms with E-state index >= 15 is 0 Å². The first-order valence-electron chi connectivity index (χ1n) is 10.0. The minimum Gasteiger partial charge on any atom is -0.289 e. The summed E-state index contributed by atoms with van der Waals surface area (Å²) in [6.45, 7) is 4.37. The van der Waals surface area contributed by atoms with Crippen LogP contribution in [0.5, 0.6) is 0 Å². The lowest BCUT2D eigenvalue weighted by Gasteiger charge is -2.12. The number of carbonyl (C=O) groups is 1. The van der Waals surface area contributed by atoms with Gasteiger partial charge < -0.3 is 0 Å². The normalized spacial score (nSPS) is 10.9. The molecule has 0 amide bonds. The van der Waals surface area contributed by atoms with E-state index in [-0.39, 0.29) is 5.78 Å². The van der Waals surface area contributed by atoms with E-state index in [4.69, 9.17) is 0 Å². The zero-order valence-corrected chi connectivity index (χ0v) is 16.5. The average Bonchev–Trinajstić information content (AvgIpc) is 2.83. The van der Waals surface area contributed by atoms with Gasteiger partial charge in [-0.15, -0.1) is 0 Å². The predicted molar refractivity (Wildman–Crippen MR) is 126 cm³/mol. The standard InChI is InChI=1S/C29H20O/c1-20(21-14-16-24(17-15-21)29(30)23-9-3-2-4-10-23)25-12-7-13-27-26-11-6-5-8-22(26)18-19-28(25)27/h2-19H,1H2. The number of benzene rings is 5. The molecule has 30 heavy (non-hydrogen) atoms. The zero-order valence-electron chi connectivity index (χ0n) is 16.5. The second kappa shape index (κ2) is 7.46. The lowest BCUT2D eigenvalue weighted by Crippen LogP contribution is -2.01. The highest BCUT2D eigenvalue weighted by molar-refractivity contribution is 6.12. The molecule has 0 radical (unpaired) electrons. The van der Waals surface area contributed by atoms with Crippen molar-refractivity contribution in [3.05, 3.63) is 138 Å². The minimum atomic E-state index is 0.0318. The Morgan fingerprint density at radius 1 is 0.500 bits per heavy atom. The van der Waals surface area contributed by atoms with Gasteiger partial charge in [0.05, 0.1) is 0 Å². The Kier molecular flexibility index (Phi) is 4.49. The molecule has 0 saturated heterocycles. The van der Waals surface area contributed by atoms with Crippen molar-refractivity contribution in [1.29, 1.82) is 0 Å². The number of hydrogen-bond donors (Lipinski definition) is 0. The van der Waals surface area contributed by atoms with E-state index in [1.165, 1.54) is 21.5 Å². The van der Waals surface area contributed by atoms with Crippen molar-refractivity contribution in [3.8, 4) is 0 Å². The van der Waals surface area contributed by atoms with Gasteiger partial charge in [-0.25, -0.2) is 0 Å². The number of ketones is 1. The molecule has 0 aliphatic heterocycles. The van der Waals surface area contributed by atoms with Crippen molar-refractivity contribution in [2.75, 3.05) is 0 Å². The molecule has 0 fully saturated rings. The van der Waals surface area contributed by atoms with Gasteiger partial charge in [0.25, 0.3) is 0 Å². The first-order chi connectivity index (χ1) is 14.7. The molecule has 0 atom stereocenters. The van der Waals surface area contributed by atoms with Gasteiger partial charge in [0.2, 0.25) is 0 Å². The monoisotopic (exact) mass is 384 g/mol. The SMILES string of the molecule is C=C(c1ccc(C(=O)c2ccccc2)cc1)c1cccc2c1ccc1ccccc12. The number of hydrogen-bond acceptors (Lipinski definition) is 1. The molecule has 0 aliphatic carbocycles. The smallest absolute Gasteiger partial charge is 0.193 e. The van der Waals surface area contributed by atoms with E-state index in [0.29, 0.717) is 11.1 Å². The van der Waals surface area contributed by atoms with Gasteiger partial charge in [0, 0.05) is 11.1 Å². The molecule has 142 valence electrons. The van der Waals surface area contributed by atoms with Crippen LogP contribution in [-0.4, -0.2) is 5.78 Å². The van der Waals surface area contributed by atoms with Crippen LogP contribution in [-0.2, 0) is 0 Å². The van der Waals surface area contributed by atoms with Crippen LogP contribution in [0.2, 0.25) is 0 Å². The predicted octanol–water partition coefficient (Wildman–Crippen LogP) is 7.29. The van der Waals surface area contributed by atoms with E-state index in [1.807, 2.05) is 54.6 Å². The Balaban J connectivity index is 1.53. The quantitative estimate of drug-likeness (QED) is 0.235. The fourth-order valence-corrected chi connectivity index (χ4v) is 4.04. The maximum absolute atomic E-state index is 12.7. The molecule has 1 nitrogen and oxygen atoms in total. The first kappa shape index (κ1) is 18.1. The van der Waals surface area contributed by atoms with Crippen molar-refractivity contribution >= 4 is 32.9 Å². The molecule has 5 aromatic carbocycles. The third kappa shape index (κ3) is 3.11. The van der Waals surface area contributed by atoms with Gasteiger partial charge in [-0.2, -0.15) is 0 Å². The maximum Gasteiger partial charge on any atom is 0.193 e. The first-order valence-corrected chi connectivity index (χ1v) is 10.0. The molecule has 1 heteroatoms. The van der Waals surface area contributed by atoms with Crippen LogP contribution >= 0.6 is 0 Å². The summed E-state index contributed by atoms with van der Waals surface area (Å²) in [6, 6.07) is 36.2. The Bertz CT molecular complexity index is 1390. The van der Waals surface area contributed by atoms with Crippen LogP contribution in [0, 0.1) is 0 Å². The molecular weight excluding hydrogens is 364 g/mol. The lowest BCUT2D eigenvalue weighted by atomic mass is 9.91. The van der Waals surface area contributed by atoms with Crippen molar-refractivity contribution in [2.24, 2.45) is 0 Å². The third-order valence-corrected chi connectivity index (χ3v) is 5.64. The van der Waals surface area contributed by atoms with Crippen LogP contribution in [0.1, 0.15) is 27.0 Å². The summed E-state index contributed by atoms with van der Waals surface area (Å²) in [5.74, 6) is 0.0318. The van der Waals surface area contributed by atoms with Crippen molar-refractivity contribution in [1.82, 2.24) is 0 Å². The largest absolute Gasteiger partial charge is 0.289 e. The molecule has 0 bridgehead atoms. The summed E-state index contributed by atoms with van der Waals surface area (Å²) in [5.41, 5.74) is 4.46. The fourth-order valence-electron chi connectivity index (χ4n) is 4.04. The fraction of sp³-hybridized carbons (Fsp3) is 0. The summed E-state index contributed by atoms with van der Waals surface area (Å²) < 4.78 is 0. The van der Waals surface area contributed by atoms with Crippen LogP contribution < -0.4 is 0 Å². The molecule has 0 spiro atoms. The van der Waals surface area contributed by atoms with Crippen molar-refractivity contribution < 1.29 is 4.79 Å². The van der Waals surface area contributed by atoms with E-state index in [1.54, 1.807) is 0 Å². The molecule has 5 aromatic rings. The Morgan fingerprint density at radius 2 is 1.13 bits per heavy atom. The molecule has 0 aliphatic rings. The molecule has 5 rings (SSSR count).